The molecule has 0 fully saturated rings. The van der Waals surface area contributed by atoms with Crippen molar-refractivity contribution in [2.45, 2.75) is 25.4 Å². The Hall–Kier alpha value is -1.74. The Morgan fingerprint density at radius 2 is 1.74 bits per heavy atom. The second kappa shape index (κ2) is 5.49. The van der Waals surface area contributed by atoms with Crippen molar-refractivity contribution in [2.75, 3.05) is 0 Å². The van der Waals surface area contributed by atoms with Gasteiger partial charge in [-0.2, -0.15) is 0 Å². The van der Waals surface area contributed by atoms with Crippen LogP contribution in [-0.4, -0.2) is 5.11 Å². The molecule has 100 valence electrons. The first-order valence-corrected chi connectivity index (χ1v) is 6.27. The first kappa shape index (κ1) is 13.7. The topological polar surface area (TPSA) is 20.2 Å². The van der Waals surface area contributed by atoms with Crippen LogP contribution in [0.15, 0.2) is 48.5 Å². The number of rotatable bonds is 4. The molecule has 0 aliphatic rings. The number of benzene rings is 2. The zero-order valence-electron chi connectivity index (χ0n) is 10.7. The van der Waals surface area contributed by atoms with Gasteiger partial charge in [0.1, 0.15) is 11.6 Å². The molecule has 0 radical (unpaired) electrons. The third kappa shape index (κ3) is 2.99. The van der Waals surface area contributed by atoms with E-state index in [2.05, 4.69) is 0 Å². The van der Waals surface area contributed by atoms with Crippen LogP contribution in [0.1, 0.15) is 24.5 Å². The third-order valence-electron chi connectivity index (χ3n) is 3.35. The summed E-state index contributed by atoms with van der Waals surface area (Å²) >= 11 is 0. The van der Waals surface area contributed by atoms with Crippen molar-refractivity contribution >= 4 is 0 Å². The van der Waals surface area contributed by atoms with E-state index in [4.69, 9.17) is 0 Å². The molecule has 0 aliphatic heterocycles. The fourth-order valence-corrected chi connectivity index (χ4v) is 2.20. The Bertz CT molecular complexity index is 554. The van der Waals surface area contributed by atoms with Crippen molar-refractivity contribution in [3.05, 3.63) is 71.3 Å². The fourth-order valence-electron chi connectivity index (χ4n) is 2.20. The van der Waals surface area contributed by atoms with Crippen molar-refractivity contribution in [1.82, 2.24) is 0 Å². The normalized spacial score (nSPS) is 14.1. The highest BCUT2D eigenvalue weighted by molar-refractivity contribution is 5.28. The monoisotopic (exact) mass is 262 g/mol. The Morgan fingerprint density at radius 1 is 1.05 bits per heavy atom. The molecule has 1 N–H and O–H groups in total. The van der Waals surface area contributed by atoms with Crippen molar-refractivity contribution in [2.24, 2.45) is 0 Å². The highest BCUT2D eigenvalue weighted by Gasteiger charge is 2.30. The summed E-state index contributed by atoms with van der Waals surface area (Å²) in [5, 5.41) is 10.6. The van der Waals surface area contributed by atoms with Gasteiger partial charge in [0.05, 0.1) is 5.60 Å². The molecule has 1 nitrogen and oxygen atoms in total. The van der Waals surface area contributed by atoms with Crippen LogP contribution in [0.3, 0.4) is 0 Å². The maximum Gasteiger partial charge on any atom is 0.129 e. The van der Waals surface area contributed by atoms with E-state index in [1.54, 1.807) is 6.92 Å². The molecule has 19 heavy (non-hydrogen) atoms. The molecular weight excluding hydrogens is 246 g/mol. The predicted molar refractivity (Wildman–Crippen MR) is 70.7 cm³/mol. The van der Waals surface area contributed by atoms with E-state index in [0.29, 0.717) is 6.42 Å². The molecule has 0 heterocycles. The van der Waals surface area contributed by atoms with Crippen LogP contribution < -0.4 is 0 Å². The van der Waals surface area contributed by atoms with E-state index in [1.807, 2.05) is 30.3 Å². The minimum Gasteiger partial charge on any atom is -0.385 e. The highest BCUT2D eigenvalue weighted by Crippen LogP contribution is 2.31. The molecule has 0 saturated heterocycles. The van der Waals surface area contributed by atoms with Gasteiger partial charge < -0.3 is 5.11 Å². The molecule has 1 atom stereocenters. The summed E-state index contributed by atoms with van der Waals surface area (Å²) in [6, 6.07) is 12.5. The van der Waals surface area contributed by atoms with Crippen molar-refractivity contribution in [3.8, 4) is 0 Å². The summed E-state index contributed by atoms with van der Waals surface area (Å²) in [4.78, 5) is 0. The molecule has 0 saturated carbocycles. The maximum absolute atomic E-state index is 13.8. The van der Waals surface area contributed by atoms with E-state index < -0.39 is 17.2 Å². The van der Waals surface area contributed by atoms with Gasteiger partial charge in [0, 0.05) is 12.0 Å². The van der Waals surface area contributed by atoms with Crippen LogP contribution in [0.5, 0.6) is 0 Å². The molecule has 0 bridgehead atoms. The molecule has 1 unspecified atom stereocenters. The van der Waals surface area contributed by atoms with E-state index >= 15 is 0 Å². The smallest absolute Gasteiger partial charge is 0.129 e. The highest BCUT2D eigenvalue weighted by atomic mass is 19.1. The van der Waals surface area contributed by atoms with Crippen LogP contribution in [-0.2, 0) is 12.0 Å². The molecule has 3 heteroatoms. The summed E-state index contributed by atoms with van der Waals surface area (Å²) in [6.45, 7) is 1.76. The number of aliphatic hydroxyl groups is 1. The minimum atomic E-state index is -1.40. The molecule has 2 rings (SSSR count). The molecule has 0 spiro atoms. The van der Waals surface area contributed by atoms with Gasteiger partial charge in [0.25, 0.3) is 0 Å². The first-order chi connectivity index (χ1) is 9.05. The Labute approximate surface area is 111 Å². The molecular formula is C16H16F2O. The van der Waals surface area contributed by atoms with Gasteiger partial charge in [0.2, 0.25) is 0 Å². The second-order valence-corrected chi connectivity index (χ2v) is 4.67. The average Bonchev–Trinajstić information content (AvgIpc) is 2.42. The Morgan fingerprint density at radius 3 is 2.37 bits per heavy atom. The van der Waals surface area contributed by atoms with Gasteiger partial charge in [-0.1, -0.05) is 37.3 Å². The number of halogens is 2. The summed E-state index contributed by atoms with van der Waals surface area (Å²) in [6.07, 6.45) is 0.562. The van der Waals surface area contributed by atoms with Gasteiger partial charge in [0.15, 0.2) is 0 Å². The Balaban J connectivity index is 2.39. The molecule has 2 aromatic carbocycles. The minimum absolute atomic E-state index is 0.0128. The largest absolute Gasteiger partial charge is 0.385 e. The van der Waals surface area contributed by atoms with Gasteiger partial charge >= 0.3 is 0 Å². The molecule has 0 aromatic heterocycles. The predicted octanol–water partition coefficient (Wildman–Crippen LogP) is 3.81. The maximum atomic E-state index is 13.8. The van der Waals surface area contributed by atoms with Crippen LogP contribution in [0.2, 0.25) is 0 Å². The summed E-state index contributed by atoms with van der Waals surface area (Å²) in [5.74, 6) is -1.13. The zero-order valence-corrected chi connectivity index (χ0v) is 10.7. The standard InChI is InChI=1S/C16H16F2O/c1-2-16(19,11-12-6-4-3-5-7-12)14-10-13(17)8-9-15(14)18/h3-10,19H,2,11H2,1H3. The van der Waals surface area contributed by atoms with E-state index in [1.165, 1.54) is 0 Å². The lowest BCUT2D eigenvalue weighted by Gasteiger charge is -2.28. The van der Waals surface area contributed by atoms with Crippen molar-refractivity contribution in [1.29, 1.82) is 0 Å². The molecule has 0 aliphatic carbocycles. The average molecular weight is 262 g/mol. The second-order valence-electron chi connectivity index (χ2n) is 4.67. The van der Waals surface area contributed by atoms with Crippen LogP contribution in [0, 0.1) is 11.6 Å². The fraction of sp³-hybridized carbons (Fsp3) is 0.250. The third-order valence-corrected chi connectivity index (χ3v) is 3.35. The van der Waals surface area contributed by atoms with Gasteiger partial charge in [-0.15, -0.1) is 0 Å². The van der Waals surface area contributed by atoms with Crippen molar-refractivity contribution < 1.29 is 13.9 Å². The SMILES string of the molecule is CCC(O)(Cc1ccccc1)c1cc(F)ccc1F. The quantitative estimate of drug-likeness (QED) is 0.888. The van der Waals surface area contributed by atoms with E-state index in [0.717, 1.165) is 23.8 Å². The molecule has 0 amide bonds. The number of hydrogen-bond donors (Lipinski definition) is 1. The van der Waals surface area contributed by atoms with Gasteiger partial charge in [-0.05, 0) is 30.2 Å². The lowest BCUT2D eigenvalue weighted by atomic mass is 9.84. The van der Waals surface area contributed by atoms with Crippen molar-refractivity contribution in [3.63, 3.8) is 0 Å². The van der Waals surface area contributed by atoms with Gasteiger partial charge in [-0.25, -0.2) is 8.78 Å². The first-order valence-electron chi connectivity index (χ1n) is 6.27. The lowest BCUT2D eigenvalue weighted by Crippen LogP contribution is -2.29. The van der Waals surface area contributed by atoms with Crippen LogP contribution in [0.25, 0.3) is 0 Å². The summed E-state index contributed by atoms with van der Waals surface area (Å²) in [7, 11) is 0. The van der Waals surface area contributed by atoms with E-state index in [9.17, 15) is 13.9 Å². The van der Waals surface area contributed by atoms with E-state index in [-0.39, 0.29) is 12.0 Å². The molecule has 2 aromatic rings. The lowest BCUT2D eigenvalue weighted by molar-refractivity contribution is 0.0288. The van der Waals surface area contributed by atoms with Crippen LogP contribution >= 0.6 is 0 Å². The Kier molecular flexibility index (Phi) is 3.96. The van der Waals surface area contributed by atoms with Gasteiger partial charge in [-0.3, -0.25) is 0 Å². The summed E-state index contributed by atoms with van der Waals surface area (Å²) < 4.78 is 27.1. The zero-order chi connectivity index (χ0) is 13.9. The number of hydrogen-bond acceptors (Lipinski definition) is 1. The van der Waals surface area contributed by atoms with Crippen LogP contribution in [0.4, 0.5) is 8.78 Å². The summed E-state index contributed by atoms with van der Waals surface area (Å²) in [5.41, 5.74) is -0.498.